The molecule has 0 radical (unpaired) electrons. The first-order chi connectivity index (χ1) is 15.3. The molecule has 3 rings (SSSR count). The Morgan fingerprint density at radius 2 is 1.62 bits per heavy atom. The van der Waals surface area contributed by atoms with E-state index in [2.05, 4.69) is 5.32 Å². The molecule has 3 aromatic rings. The fraction of sp³-hybridized carbons (Fsp3) is 0.174. The summed E-state index contributed by atoms with van der Waals surface area (Å²) in [6, 6.07) is 17.7. The lowest BCUT2D eigenvalue weighted by atomic mass is 10.2. The van der Waals surface area contributed by atoms with E-state index in [4.69, 9.17) is 16.3 Å². The number of carbonyl (C=O) groups is 1. The van der Waals surface area contributed by atoms with E-state index in [0.717, 1.165) is 22.0 Å². The first kappa shape index (κ1) is 23.6. The minimum atomic E-state index is -4.11. The number of carbonyl (C=O) groups excluding carboxylic acids is 1. The number of benzene rings is 3. The van der Waals surface area contributed by atoms with Crippen molar-refractivity contribution in [2.24, 2.45) is 0 Å². The molecule has 9 heteroatoms. The molecule has 0 heterocycles. The van der Waals surface area contributed by atoms with Gasteiger partial charge < -0.3 is 10.1 Å². The van der Waals surface area contributed by atoms with E-state index < -0.39 is 28.3 Å². The molecule has 0 saturated heterocycles. The minimum absolute atomic E-state index is 0.0178. The highest BCUT2D eigenvalue weighted by Crippen LogP contribution is 2.25. The van der Waals surface area contributed by atoms with Crippen LogP contribution in [0.4, 0.5) is 10.1 Å². The number of hydrogen-bond donors (Lipinski definition) is 1. The first-order valence-corrected chi connectivity index (χ1v) is 11.6. The third-order valence-corrected chi connectivity index (χ3v) is 6.57. The van der Waals surface area contributed by atoms with Crippen molar-refractivity contribution in [1.29, 1.82) is 0 Å². The summed E-state index contributed by atoms with van der Waals surface area (Å²) in [6.07, 6.45) is 0. The van der Waals surface area contributed by atoms with Crippen molar-refractivity contribution in [3.05, 3.63) is 89.2 Å². The molecule has 0 aliphatic heterocycles. The van der Waals surface area contributed by atoms with Crippen LogP contribution in [0.15, 0.2) is 77.7 Å². The van der Waals surface area contributed by atoms with E-state index in [0.29, 0.717) is 17.4 Å². The second-order valence-corrected chi connectivity index (χ2v) is 9.09. The Labute approximate surface area is 191 Å². The van der Waals surface area contributed by atoms with Crippen LogP contribution in [0, 0.1) is 5.82 Å². The minimum Gasteiger partial charge on any atom is -0.494 e. The van der Waals surface area contributed by atoms with E-state index in [1.54, 1.807) is 36.4 Å². The molecule has 168 valence electrons. The number of ether oxygens (including phenoxy) is 1. The molecule has 0 unspecified atom stereocenters. The fourth-order valence-electron chi connectivity index (χ4n) is 2.91. The van der Waals surface area contributed by atoms with Crippen LogP contribution in [0.2, 0.25) is 5.02 Å². The Morgan fingerprint density at radius 1 is 1.00 bits per heavy atom. The van der Waals surface area contributed by atoms with Gasteiger partial charge in [-0.3, -0.25) is 9.10 Å². The van der Waals surface area contributed by atoms with Gasteiger partial charge in [0.05, 0.1) is 17.2 Å². The monoisotopic (exact) mass is 476 g/mol. The van der Waals surface area contributed by atoms with Gasteiger partial charge in [0.15, 0.2) is 0 Å². The highest BCUT2D eigenvalue weighted by Gasteiger charge is 2.27. The summed E-state index contributed by atoms with van der Waals surface area (Å²) in [7, 11) is -4.11. The number of halogens is 2. The molecule has 0 aliphatic carbocycles. The molecule has 0 aliphatic rings. The molecule has 0 atom stereocenters. The third-order valence-electron chi connectivity index (χ3n) is 4.53. The van der Waals surface area contributed by atoms with Gasteiger partial charge in [0, 0.05) is 11.6 Å². The molecule has 0 saturated carbocycles. The average Bonchev–Trinajstić information content (AvgIpc) is 2.78. The standard InChI is InChI=1S/C23H22ClFN2O4S/c1-2-31-21-11-13-22(14-12-21)32(29,30)27(20-9-7-19(25)8-10-20)16-23(28)26-15-17-3-5-18(24)6-4-17/h3-14H,2,15-16H2,1H3,(H,26,28). The van der Waals surface area contributed by atoms with Crippen LogP contribution >= 0.6 is 11.6 Å². The highest BCUT2D eigenvalue weighted by molar-refractivity contribution is 7.92. The normalized spacial score (nSPS) is 11.1. The van der Waals surface area contributed by atoms with E-state index in [1.165, 1.54) is 24.3 Å². The molecule has 1 amide bonds. The summed E-state index contributed by atoms with van der Waals surface area (Å²) in [5.41, 5.74) is 0.979. The summed E-state index contributed by atoms with van der Waals surface area (Å²) < 4.78 is 46.4. The van der Waals surface area contributed by atoms with Crippen LogP contribution in [-0.2, 0) is 21.4 Å². The van der Waals surface area contributed by atoms with E-state index in [-0.39, 0.29) is 17.1 Å². The second kappa shape index (κ2) is 10.5. The number of nitrogens with one attached hydrogen (secondary N) is 1. The Kier molecular flexibility index (Phi) is 7.71. The van der Waals surface area contributed by atoms with E-state index >= 15 is 0 Å². The van der Waals surface area contributed by atoms with Gasteiger partial charge in [-0.1, -0.05) is 23.7 Å². The van der Waals surface area contributed by atoms with Gasteiger partial charge >= 0.3 is 0 Å². The van der Waals surface area contributed by atoms with Crippen LogP contribution in [0.1, 0.15) is 12.5 Å². The van der Waals surface area contributed by atoms with Gasteiger partial charge in [-0.15, -0.1) is 0 Å². The SMILES string of the molecule is CCOc1ccc(S(=O)(=O)N(CC(=O)NCc2ccc(Cl)cc2)c2ccc(F)cc2)cc1. The van der Waals surface area contributed by atoms with E-state index in [1.807, 2.05) is 6.92 Å². The lowest BCUT2D eigenvalue weighted by Crippen LogP contribution is -2.40. The predicted molar refractivity (Wildman–Crippen MR) is 122 cm³/mol. The fourth-order valence-corrected chi connectivity index (χ4v) is 4.46. The largest absolute Gasteiger partial charge is 0.494 e. The summed E-state index contributed by atoms with van der Waals surface area (Å²) >= 11 is 5.86. The average molecular weight is 477 g/mol. The summed E-state index contributed by atoms with van der Waals surface area (Å²) in [5.74, 6) is -0.501. The molecule has 0 spiro atoms. The van der Waals surface area contributed by atoms with Gasteiger partial charge in [-0.2, -0.15) is 0 Å². The smallest absolute Gasteiger partial charge is 0.264 e. The molecule has 1 N–H and O–H groups in total. The zero-order valence-corrected chi connectivity index (χ0v) is 18.9. The summed E-state index contributed by atoms with van der Waals surface area (Å²) in [5, 5.41) is 3.27. The van der Waals surface area contributed by atoms with Gasteiger partial charge in [0.2, 0.25) is 5.91 Å². The first-order valence-electron chi connectivity index (χ1n) is 9.82. The molecular formula is C23H22ClFN2O4S. The van der Waals surface area contributed by atoms with Crippen LogP contribution in [-0.4, -0.2) is 27.5 Å². The van der Waals surface area contributed by atoms with Crippen molar-refractivity contribution in [3.63, 3.8) is 0 Å². The zero-order chi connectivity index (χ0) is 23.1. The number of amides is 1. The molecule has 0 bridgehead atoms. The molecule has 32 heavy (non-hydrogen) atoms. The maximum Gasteiger partial charge on any atom is 0.264 e. The Morgan fingerprint density at radius 3 is 2.22 bits per heavy atom. The van der Waals surface area contributed by atoms with Crippen molar-refractivity contribution in [2.45, 2.75) is 18.4 Å². The highest BCUT2D eigenvalue weighted by atomic mass is 35.5. The van der Waals surface area contributed by atoms with Gasteiger partial charge in [-0.05, 0) is 73.2 Å². The molecule has 0 aromatic heterocycles. The maximum absolute atomic E-state index is 13.4. The van der Waals surface area contributed by atoms with Crippen LogP contribution in [0.3, 0.4) is 0 Å². The van der Waals surface area contributed by atoms with Crippen LogP contribution in [0.25, 0.3) is 0 Å². The third kappa shape index (κ3) is 5.99. The summed E-state index contributed by atoms with van der Waals surface area (Å²) in [6.45, 7) is 2.00. The van der Waals surface area contributed by atoms with Crippen LogP contribution in [0.5, 0.6) is 5.75 Å². The van der Waals surface area contributed by atoms with Crippen molar-refractivity contribution >= 4 is 33.2 Å². The molecular weight excluding hydrogens is 455 g/mol. The second-order valence-electron chi connectivity index (χ2n) is 6.80. The number of sulfonamides is 1. The van der Waals surface area contributed by atoms with Crippen molar-refractivity contribution in [1.82, 2.24) is 5.32 Å². The predicted octanol–water partition coefficient (Wildman–Crippen LogP) is 4.39. The Balaban J connectivity index is 1.83. The lowest BCUT2D eigenvalue weighted by molar-refractivity contribution is -0.119. The number of hydrogen-bond acceptors (Lipinski definition) is 4. The quantitative estimate of drug-likeness (QED) is 0.497. The van der Waals surface area contributed by atoms with Crippen LogP contribution < -0.4 is 14.4 Å². The Hall–Kier alpha value is -3.10. The zero-order valence-electron chi connectivity index (χ0n) is 17.3. The number of rotatable bonds is 9. The number of nitrogens with zero attached hydrogens (tertiary/aromatic N) is 1. The van der Waals surface area contributed by atoms with Crippen molar-refractivity contribution in [2.75, 3.05) is 17.5 Å². The maximum atomic E-state index is 13.4. The Bertz CT molecular complexity index is 1150. The lowest BCUT2D eigenvalue weighted by Gasteiger charge is -2.24. The topological polar surface area (TPSA) is 75.7 Å². The summed E-state index contributed by atoms with van der Waals surface area (Å²) in [4.78, 5) is 12.6. The van der Waals surface area contributed by atoms with Gasteiger partial charge in [0.1, 0.15) is 18.1 Å². The molecule has 6 nitrogen and oxygen atoms in total. The van der Waals surface area contributed by atoms with Gasteiger partial charge in [0.25, 0.3) is 10.0 Å². The van der Waals surface area contributed by atoms with Crippen molar-refractivity contribution in [3.8, 4) is 5.75 Å². The number of anilines is 1. The van der Waals surface area contributed by atoms with Crippen molar-refractivity contribution < 1.29 is 22.3 Å². The van der Waals surface area contributed by atoms with Gasteiger partial charge in [-0.25, -0.2) is 12.8 Å². The molecule has 3 aromatic carbocycles. The van der Waals surface area contributed by atoms with E-state index in [9.17, 15) is 17.6 Å². The molecule has 0 fully saturated rings.